The van der Waals surface area contributed by atoms with Gasteiger partial charge in [-0.05, 0) is 36.8 Å². The predicted molar refractivity (Wildman–Crippen MR) is 85.3 cm³/mol. The monoisotopic (exact) mass is 369 g/mol. The van der Waals surface area contributed by atoms with E-state index < -0.39 is 15.6 Å². The van der Waals surface area contributed by atoms with E-state index in [1.165, 1.54) is 12.1 Å². The fourth-order valence-electron chi connectivity index (χ4n) is 1.83. The first-order valence-corrected chi connectivity index (χ1v) is 8.62. The molecular formula is C15H16BrNO3S. The maximum absolute atomic E-state index is 12.2. The highest BCUT2D eigenvalue weighted by atomic mass is 79.9. The summed E-state index contributed by atoms with van der Waals surface area (Å²) in [6.07, 6.45) is 0. The zero-order valence-corrected chi connectivity index (χ0v) is 13.9. The average Bonchev–Trinajstić information content (AvgIpc) is 2.47. The van der Waals surface area contributed by atoms with Gasteiger partial charge in [-0.1, -0.05) is 46.3 Å². The minimum Gasteiger partial charge on any atom is -0.384 e. The van der Waals surface area contributed by atoms with Crippen molar-refractivity contribution in [3.63, 3.8) is 0 Å². The lowest BCUT2D eigenvalue weighted by molar-refractivity contribution is 0.0627. The highest BCUT2D eigenvalue weighted by molar-refractivity contribution is 9.10. The van der Waals surface area contributed by atoms with Gasteiger partial charge in [0.2, 0.25) is 10.0 Å². The van der Waals surface area contributed by atoms with Crippen molar-refractivity contribution in [2.45, 2.75) is 17.4 Å². The highest BCUT2D eigenvalue weighted by Gasteiger charge is 2.25. The molecule has 0 aliphatic rings. The van der Waals surface area contributed by atoms with E-state index in [1.807, 2.05) is 6.07 Å². The summed E-state index contributed by atoms with van der Waals surface area (Å²) in [5, 5.41) is 10.4. The Morgan fingerprint density at radius 2 is 1.67 bits per heavy atom. The molecule has 2 aromatic rings. The molecule has 0 aliphatic heterocycles. The zero-order chi connectivity index (χ0) is 15.5. The second-order valence-corrected chi connectivity index (χ2v) is 7.60. The van der Waals surface area contributed by atoms with Crippen LogP contribution in [0.4, 0.5) is 0 Å². The highest BCUT2D eigenvalue weighted by Crippen LogP contribution is 2.20. The Bertz CT molecular complexity index is 697. The van der Waals surface area contributed by atoms with Gasteiger partial charge in [-0.15, -0.1) is 0 Å². The van der Waals surface area contributed by atoms with Crippen molar-refractivity contribution < 1.29 is 13.5 Å². The van der Waals surface area contributed by atoms with Gasteiger partial charge in [-0.25, -0.2) is 13.1 Å². The summed E-state index contributed by atoms with van der Waals surface area (Å²) in [4.78, 5) is 0.162. The third-order valence-corrected chi connectivity index (χ3v) is 5.07. The first-order valence-electron chi connectivity index (χ1n) is 6.34. The molecule has 0 aromatic heterocycles. The Morgan fingerprint density at radius 1 is 1.10 bits per heavy atom. The van der Waals surface area contributed by atoms with Gasteiger partial charge in [0.25, 0.3) is 0 Å². The largest absolute Gasteiger partial charge is 0.384 e. The number of rotatable bonds is 5. The van der Waals surface area contributed by atoms with Gasteiger partial charge < -0.3 is 5.11 Å². The molecule has 0 saturated carbocycles. The van der Waals surface area contributed by atoms with Crippen LogP contribution >= 0.6 is 15.9 Å². The molecule has 0 bridgehead atoms. The average molecular weight is 370 g/mol. The van der Waals surface area contributed by atoms with Gasteiger partial charge in [0.1, 0.15) is 5.60 Å². The Kier molecular flexibility index (Phi) is 4.83. The molecule has 0 spiro atoms. The Labute approximate surface area is 133 Å². The molecule has 0 aliphatic carbocycles. The fourth-order valence-corrected chi connectivity index (χ4v) is 3.23. The molecule has 0 heterocycles. The minimum absolute atomic E-state index is 0.102. The van der Waals surface area contributed by atoms with E-state index in [-0.39, 0.29) is 11.4 Å². The summed E-state index contributed by atoms with van der Waals surface area (Å²) < 4.78 is 27.6. The van der Waals surface area contributed by atoms with Crippen molar-refractivity contribution in [1.29, 1.82) is 0 Å². The summed E-state index contributed by atoms with van der Waals surface area (Å²) in [6.45, 7) is 1.47. The van der Waals surface area contributed by atoms with E-state index in [1.54, 1.807) is 43.3 Å². The molecule has 0 unspecified atom stereocenters. The standard InChI is InChI=1S/C15H16BrNO3S/c1-15(18,12-5-3-2-4-6-12)11-17-21(19,20)14-9-7-13(16)8-10-14/h2-10,17-18H,11H2,1H3/t15-/m1/s1. The summed E-state index contributed by atoms with van der Waals surface area (Å²) in [6, 6.07) is 15.3. The number of nitrogens with one attached hydrogen (secondary N) is 1. The van der Waals surface area contributed by atoms with Crippen LogP contribution < -0.4 is 4.72 Å². The van der Waals surface area contributed by atoms with Crippen LogP contribution in [0.2, 0.25) is 0 Å². The molecule has 1 atom stereocenters. The molecule has 0 fully saturated rings. The van der Waals surface area contributed by atoms with Crippen LogP contribution in [0, 0.1) is 0 Å². The number of hydrogen-bond donors (Lipinski definition) is 2. The summed E-state index contributed by atoms with van der Waals surface area (Å²) in [7, 11) is -3.65. The molecule has 2 aromatic carbocycles. The number of benzene rings is 2. The summed E-state index contributed by atoms with van der Waals surface area (Å²) in [5.41, 5.74) is -0.618. The molecule has 2 rings (SSSR count). The third-order valence-electron chi connectivity index (χ3n) is 3.13. The lowest BCUT2D eigenvalue weighted by atomic mass is 9.97. The van der Waals surface area contributed by atoms with Crippen molar-refractivity contribution in [2.75, 3.05) is 6.54 Å². The van der Waals surface area contributed by atoms with Crippen LogP contribution in [0.5, 0.6) is 0 Å². The Balaban J connectivity index is 2.13. The molecule has 6 heteroatoms. The smallest absolute Gasteiger partial charge is 0.240 e. The van der Waals surface area contributed by atoms with Crippen LogP contribution in [0.15, 0.2) is 64.0 Å². The second kappa shape index (κ2) is 6.27. The summed E-state index contributed by atoms with van der Waals surface area (Å²) >= 11 is 3.26. The molecule has 4 nitrogen and oxygen atoms in total. The Hall–Kier alpha value is -1.21. The van der Waals surface area contributed by atoms with Crippen LogP contribution in [0.25, 0.3) is 0 Å². The van der Waals surface area contributed by atoms with Crippen molar-refractivity contribution in [2.24, 2.45) is 0 Å². The molecule has 112 valence electrons. The van der Waals surface area contributed by atoms with Crippen LogP contribution in [-0.2, 0) is 15.6 Å². The van der Waals surface area contributed by atoms with E-state index >= 15 is 0 Å². The maximum Gasteiger partial charge on any atom is 0.240 e. The number of sulfonamides is 1. The van der Waals surface area contributed by atoms with E-state index in [0.29, 0.717) is 5.56 Å². The maximum atomic E-state index is 12.2. The van der Waals surface area contributed by atoms with Crippen LogP contribution in [0.1, 0.15) is 12.5 Å². The van der Waals surface area contributed by atoms with Gasteiger partial charge in [-0.3, -0.25) is 0 Å². The SMILES string of the molecule is C[C@@](O)(CNS(=O)(=O)c1ccc(Br)cc1)c1ccccc1. The van der Waals surface area contributed by atoms with Crippen molar-refractivity contribution in [3.05, 3.63) is 64.6 Å². The second-order valence-electron chi connectivity index (χ2n) is 4.92. The number of halogens is 1. The van der Waals surface area contributed by atoms with E-state index in [0.717, 1.165) is 4.47 Å². The quantitative estimate of drug-likeness (QED) is 0.851. The first-order chi connectivity index (χ1) is 9.81. The Morgan fingerprint density at radius 3 is 2.24 bits per heavy atom. The van der Waals surface area contributed by atoms with Gasteiger partial charge in [0.15, 0.2) is 0 Å². The third kappa shape index (κ3) is 4.14. The van der Waals surface area contributed by atoms with Crippen LogP contribution in [-0.4, -0.2) is 20.1 Å². The molecule has 2 N–H and O–H groups in total. The molecule has 0 amide bonds. The topological polar surface area (TPSA) is 66.4 Å². The minimum atomic E-state index is -3.65. The zero-order valence-electron chi connectivity index (χ0n) is 11.5. The fraction of sp³-hybridized carbons (Fsp3) is 0.200. The summed E-state index contributed by atoms with van der Waals surface area (Å²) in [5.74, 6) is 0. The van der Waals surface area contributed by atoms with Crippen molar-refractivity contribution in [3.8, 4) is 0 Å². The van der Waals surface area contributed by atoms with Gasteiger partial charge in [-0.2, -0.15) is 0 Å². The lowest BCUT2D eigenvalue weighted by Gasteiger charge is -2.24. The van der Waals surface area contributed by atoms with E-state index in [2.05, 4.69) is 20.7 Å². The molecule has 0 saturated heterocycles. The molecule has 0 radical (unpaired) electrons. The number of hydrogen-bond acceptors (Lipinski definition) is 3. The van der Waals surface area contributed by atoms with Crippen LogP contribution in [0.3, 0.4) is 0 Å². The van der Waals surface area contributed by atoms with Gasteiger partial charge >= 0.3 is 0 Å². The van der Waals surface area contributed by atoms with E-state index in [4.69, 9.17) is 0 Å². The van der Waals surface area contributed by atoms with Gasteiger partial charge in [0.05, 0.1) is 4.90 Å². The van der Waals surface area contributed by atoms with E-state index in [9.17, 15) is 13.5 Å². The number of aliphatic hydroxyl groups is 1. The molecule has 21 heavy (non-hydrogen) atoms. The normalized spacial score (nSPS) is 14.6. The van der Waals surface area contributed by atoms with Gasteiger partial charge in [0, 0.05) is 11.0 Å². The van der Waals surface area contributed by atoms with Crippen molar-refractivity contribution in [1.82, 2.24) is 4.72 Å². The van der Waals surface area contributed by atoms with Crippen molar-refractivity contribution >= 4 is 26.0 Å². The predicted octanol–water partition coefficient (Wildman–Crippen LogP) is 2.64. The molecular weight excluding hydrogens is 354 g/mol. The lowest BCUT2D eigenvalue weighted by Crippen LogP contribution is -2.38. The first kappa shape index (κ1) is 16.2.